The Morgan fingerprint density at radius 1 is 1.00 bits per heavy atom. The Morgan fingerprint density at radius 2 is 1.53 bits per heavy atom. The van der Waals surface area contributed by atoms with E-state index in [1.54, 1.807) is 0 Å². The molecule has 1 fully saturated rings. The van der Waals surface area contributed by atoms with Gasteiger partial charge < -0.3 is 11.8 Å². The topological polar surface area (TPSA) is 6.48 Å². The molecule has 0 spiro atoms. The van der Waals surface area contributed by atoms with Crippen molar-refractivity contribution in [2.75, 3.05) is 32.7 Å². The van der Waals surface area contributed by atoms with Gasteiger partial charge in [-0.1, -0.05) is 29.8 Å². The second-order valence-electron chi connectivity index (χ2n) is 4.60. The van der Waals surface area contributed by atoms with Crippen molar-refractivity contribution < 1.29 is 32.7 Å². The van der Waals surface area contributed by atoms with Gasteiger partial charge in [0.25, 0.3) is 0 Å². The predicted molar refractivity (Wildman–Crippen MR) is 68.3 cm³/mol. The molecular weight excluding hydrogens is 285 g/mol. The van der Waals surface area contributed by atoms with Crippen molar-refractivity contribution in [1.29, 1.82) is 0 Å². The largest absolute Gasteiger partial charge is 0.330 e. The fourth-order valence-corrected chi connectivity index (χ4v) is 2.12. The van der Waals surface area contributed by atoms with Gasteiger partial charge >= 0.3 is 0 Å². The molecule has 1 saturated heterocycles. The summed E-state index contributed by atoms with van der Waals surface area (Å²) < 4.78 is 0. The summed E-state index contributed by atoms with van der Waals surface area (Å²) in [6.07, 6.45) is 0. The third-order valence-corrected chi connectivity index (χ3v) is 3.31. The molecule has 2 rings (SSSR count). The van der Waals surface area contributed by atoms with Gasteiger partial charge in [-0.05, 0) is 12.5 Å². The van der Waals surface area contributed by atoms with Crippen molar-refractivity contribution >= 4 is 0 Å². The number of hydrogen-bond acceptors (Lipinski definition) is 2. The van der Waals surface area contributed by atoms with Gasteiger partial charge in [0, 0.05) is 65.4 Å². The molecule has 0 saturated carbocycles. The molecule has 2 nitrogen and oxygen atoms in total. The minimum absolute atomic E-state index is 0. The molecule has 91 valence electrons. The summed E-state index contributed by atoms with van der Waals surface area (Å²) in [6, 6.07) is 8.87. The monoisotopic (exact) mass is 306 g/mol. The van der Waals surface area contributed by atoms with Gasteiger partial charge in [-0.25, -0.2) is 0 Å². The number of nitrogens with zero attached hydrogens (tertiary/aromatic N) is 2. The summed E-state index contributed by atoms with van der Waals surface area (Å²) in [5.74, 6) is 0. The Kier molecular flexibility index (Phi) is 6.87. The molecule has 0 aliphatic carbocycles. The quantitative estimate of drug-likeness (QED) is 0.788. The van der Waals surface area contributed by atoms with E-state index in [9.17, 15) is 0 Å². The van der Waals surface area contributed by atoms with E-state index in [-0.39, 0.29) is 32.7 Å². The molecule has 1 radical (unpaired) electrons. The van der Waals surface area contributed by atoms with Crippen molar-refractivity contribution in [3.63, 3.8) is 0 Å². The fourth-order valence-electron chi connectivity index (χ4n) is 2.12. The van der Waals surface area contributed by atoms with Crippen LogP contribution in [0, 0.1) is 13.8 Å². The summed E-state index contributed by atoms with van der Waals surface area (Å²) in [5, 5.41) is 0. The molecule has 17 heavy (non-hydrogen) atoms. The number of hydrogen-bond donors (Lipinski definition) is 0. The van der Waals surface area contributed by atoms with Gasteiger partial charge in [0.1, 0.15) is 0 Å². The van der Waals surface area contributed by atoms with Crippen LogP contribution in [0.5, 0.6) is 0 Å². The normalized spacial score (nSPS) is 17.8. The van der Waals surface area contributed by atoms with E-state index in [2.05, 4.69) is 47.9 Å². The minimum Gasteiger partial charge on any atom is -0.330 e. The van der Waals surface area contributed by atoms with Crippen LogP contribution in [0.25, 0.3) is 0 Å². The van der Waals surface area contributed by atoms with Crippen LogP contribution in [0.1, 0.15) is 11.1 Å². The zero-order chi connectivity index (χ0) is 11.4. The summed E-state index contributed by atoms with van der Waals surface area (Å²) in [4.78, 5) is 4.93. The summed E-state index contributed by atoms with van der Waals surface area (Å²) in [6.45, 7) is 12.8. The van der Waals surface area contributed by atoms with E-state index in [1.165, 1.54) is 24.2 Å². The third kappa shape index (κ3) is 4.79. The van der Waals surface area contributed by atoms with Crippen molar-refractivity contribution in [1.82, 2.24) is 9.80 Å². The molecule has 1 aromatic rings. The van der Waals surface area contributed by atoms with E-state index in [0.717, 1.165) is 26.2 Å². The Hall–Kier alpha value is 0.244. The molecule has 0 bridgehead atoms. The van der Waals surface area contributed by atoms with Gasteiger partial charge in [-0.3, -0.25) is 4.90 Å². The van der Waals surface area contributed by atoms with Crippen LogP contribution in [-0.4, -0.2) is 42.5 Å². The molecule has 0 N–H and O–H groups in total. The average molecular weight is 306 g/mol. The standard InChI is InChI=1S/C14H21N2.Y/c1-3-15-8-10-16(11-9-15)12-14-6-4-13(2)5-7-14;/h4-7H,1,3,8-12H2,2H3;/q-1;. The van der Waals surface area contributed by atoms with Gasteiger partial charge in [-0.2, -0.15) is 0 Å². The van der Waals surface area contributed by atoms with Gasteiger partial charge in [0.05, 0.1) is 0 Å². The Labute approximate surface area is 130 Å². The third-order valence-electron chi connectivity index (χ3n) is 3.31. The number of benzene rings is 1. The molecular formula is C14H21N2Y-. The molecule has 1 aliphatic rings. The molecule has 1 aliphatic heterocycles. The SMILES string of the molecule is [CH2-]CN1CCN(Cc2ccc(C)cc2)CC1.[Y]. The summed E-state index contributed by atoms with van der Waals surface area (Å²) >= 11 is 0. The van der Waals surface area contributed by atoms with Gasteiger partial charge in [0.2, 0.25) is 0 Å². The van der Waals surface area contributed by atoms with Crippen LogP contribution in [0.4, 0.5) is 0 Å². The Bertz CT molecular complexity index is 315. The molecule has 0 amide bonds. The van der Waals surface area contributed by atoms with E-state index in [1.807, 2.05) is 0 Å². The summed E-state index contributed by atoms with van der Waals surface area (Å²) in [5.41, 5.74) is 2.76. The molecule has 3 heteroatoms. The van der Waals surface area contributed by atoms with Crippen LogP contribution < -0.4 is 0 Å². The number of aryl methyl sites for hydroxylation is 1. The zero-order valence-corrected chi connectivity index (χ0v) is 13.6. The first kappa shape index (κ1) is 15.3. The maximum Gasteiger partial charge on any atom is 0.0234 e. The smallest absolute Gasteiger partial charge is 0.0234 e. The Balaban J connectivity index is 0.00000144. The number of rotatable bonds is 3. The average Bonchev–Trinajstić information content (AvgIpc) is 2.33. The first-order valence-electron chi connectivity index (χ1n) is 6.07. The fraction of sp³-hybridized carbons (Fsp3) is 0.500. The van der Waals surface area contributed by atoms with E-state index >= 15 is 0 Å². The van der Waals surface area contributed by atoms with Crippen molar-refractivity contribution in [3.8, 4) is 0 Å². The molecule has 0 unspecified atom stereocenters. The van der Waals surface area contributed by atoms with Gasteiger partial charge in [-0.15, -0.1) is 6.54 Å². The van der Waals surface area contributed by atoms with Crippen molar-refractivity contribution in [2.45, 2.75) is 13.5 Å². The molecule has 1 aromatic carbocycles. The maximum absolute atomic E-state index is 3.94. The van der Waals surface area contributed by atoms with Crippen molar-refractivity contribution in [3.05, 3.63) is 42.3 Å². The van der Waals surface area contributed by atoms with Crippen LogP contribution >= 0.6 is 0 Å². The van der Waals surface area contributed by atoms with Crippen LogP contribution in [0.3, 0.4) is 0 Å². The second kappa shape index (κ2) is 7.63. The first-order chi connectivity index (χ1) is 7.78. The molecule has 1 heterocycles. The number of piperazine rings is 1. The van der Waals surface area contributed by atoms with Crippen molar-refractivity contribution in [2.24, 2.45) is 0 Å². The molecule has 0 atom stereocenters. The van der Waals surface area contributed by atoms with E-state index < -0.39 is 0 Å². The van der Waals surface area contributed by atoms with E-state index in [0.29, 0.717) is 0 Å². The second-order valence-corrected chi connectivity index (χ2v) is 4.60. The van der Waals surface area contributed by atoms with Crippen LogP contribution in [0.2, 0.25) is 0 Å². The Morgan fingerprint density at radius 3 is 2.06 bits per heavy atom. The maximum atomic E-state index is 3.94. The van der Waals surface area contributed by atoms with E-state index in [4.69, 9.17) is 0 Å². The summed E-state index contributed by atoms with van der Waals surface area (Å²) in [7, 11) is 0. The zero-order valence-electron chi connectivity index (χ0n) is 10.7. The van der Waals surface area contributed by atoms with Crippen LogP contribution in [-0.2, 0) is 39.3 Å². The molecule has 0 aromatic heterocycles. The minimum atomic E-state index is 0. The predicted octanol–water partition coefficient (Wildman–Crippen LogP) is 1.94. The van der Waals surface area contributed by atoms with Crippen LogP contribution in [0.15, 0.2) is 24.3 Å². The van der Waals surface area contributed by atoms with Gasteiger partial charge in [0.15, 0.2) is 0 Å². The first-order valence-corrected chi connectivity index (χ1v) is 6.07.